The van der Waals surface area contributed by atoms with Crippen LogP contribution in [-0.2, 0) is 4.79 Å². The third-order valence-corrected chi connectivity index (χ3v) is 4.14. The van der Waals surface area contributed by atoms with Crippen LogP contribution in [0, 0.1) is 0 Å². The van der Waals surface area contributed by atoms with Crippen molar-refractivity contribution in [3.05, 3.63) is 46.8 Å². The van der Waals surface area contributed by atoms with Gasteiger partial charge in [0, 0.05) is 20.6 Å². The number of hydrogen-bond acceptors (Lipinski definition) is 2. The van der Waals surface area contributed by atoms with Crippen LogP contribution in [0.15, 0.2) is 42.0 Å². The maximum atomic E-state index is 10.8. The lowest BCUT2D eigenvalue weighted by Crippen LogP contribution is -1.94. The van der Waals surface area contributed by atoms with Gasteiger partial charge >= 0.3 is 5.97 Å². The number of carboxylic acid groups (broad SMARTS) is 1. The van der Waals surface area contributed by atoms with Crippen LogP contribution in [0.2, 0.25) is 0 Å². The van der Waals surface area contributed by atoms with Gasteiger partial charge in [-0.05, 0) is 24.6 Å². The topological polar surface area (TPSA) is 37.3 Å². The Labute approximate surface area is 112 Å². The molecule has 1 atom stereocenters. The lowest BCUT2D eigenvalue weighted by molar-refractivity contribution is -0.132. The molecule has 0 fully saturated rings. The molecule has 2 nitrogen and oxygen atoms in total. The molecule has 1 aromatic heterocycles. The van der Waals surface area contributed by atoms with E-state index in [2.05, 4.69) is 9.24 Å². The van der Waals surface area contributed by atoms with Gasteiger partial charge in [0.2, 0.25) is 0 Å². The molecule has 0 aliphatic rings. The number of rotatable bonds is 3. The minimum Gasteiger partial charge on any atom is -0.478 e. The quantitative estimate of drug-likeness (QED) is 0.689. The second-order valence-electron chi connectivity index (χ2n) is 3.93. The SMILES string of the molecule is C/C(=C\c1cc(-c2ccccc2)c(P)s1)C(=O)O. The van der Waals surface area contributed by atoms with Crippen molar-refractivity contribution in [3.63, 3.8) is 0 Å². The predicted molar refractivity (Wildman–Crippen MR) is 80.4 cm³/mol. The summed E-state index contributed by atoms with van der Waals surface area (Å²) in [4.78, 5) is 11.8. The summed E-state index contributed by atoms with van der Waals surface area (Å²) in [5, 5.41) is 8.87. The first-order valence-electron chi connectivity index (χ1n) is 5.44. The summed E-state index contributed by atoms with van der Waals surface area (Å²) in [5.74, 6) is -0.880. The number of carbonyl (C=O) groups is 1. The first kappa shape index (κ1) is 13.0. The van der Waals surface area contributed by atoms with E-state index in [1.807, 2.05) is 36.4 Å². The van der Waals surface area contributed by atoms with Crippen LogP contribution < -0.4 is 4.62 Å². The summed E-state index contributed by atoms with van der Waals surface area (Å²) in [6.45, 7) is 1.60. The van der Waals surface area contributed by atoms with E-state index < -0.39 is 5.97 Å². The number of aliphatic carboxylic acids is 1. The van der Waals surface area contributed by atoms with Gasteiger partial charge in [0.1, 0.15) is 0 Å². The average molecular weight is 276 g/mol. The third-order valence-electron chi connectivity index (χ3n) is 2.56. The average Bonchev–Trinajstić information content (AvgIpc) is 2.71. The molecule has 1 N–H and O–H groups in total. The fraction of sp³-hybridized carbons (Fsp3) is 0.0714. The summed E-state index contributed by atoms with van der Waals surface area (Å²) in [6, 6.07) is 12.1. The Morgan fingerprint density at radius 1 is 1.33 bits per heavy atom. The number of hydrogen-bond donors (Lipinski definition) is 1. The van der Waals surface area contributed by atoms with Crippen molar-refractivity contribution in [2.45, 2.75) is 6.92 Å². The van der Waals surface area contributed by atoms with Crippen molar-refractivity contribution in [1.29, 1.82) is 0 Å². The monoisotopic (exact) mass is 276 g/mol. The van der Waals surface area contributed by atoms with E-state index in [-0.39, 0.29) is 0 Å². The largest absolute Gasteiger partial charge is 0.478 e. The molecule has 0 aliphatic carbocycles. The van der Waals surface area contributed by atoms with Gasteiger partial charge in [0.05, 0.1) is 0 Å². The molecule has 0 amide bonds. The van der Waals surface area contributed by atoms with Crippen molar-refractivity contribution in [2.24, 2.45) is 0 Å². The number of thiophene rings is 1. The fourth-order valence-corrected chi connectivity index (χ4v) is 3.23. The normalized spacial score (nSPS) is 11.6. The molecule has 92 valence electrons. The summed E-state index contributed by atoms with van der Waals surface area (Å²) >= 11 is 1.58. The molecule has 1 unspecified atom stereocenters. The second-order valence-corrected chi connectivity index (χ2v) is 6.04. The maximum Gasteiger partial charge on any atom is 0.331 e. The highest BCUT2D eigenvalue weighted by Crippen LogP contribution is 2.27. The molecule has 1 heterocycles. The van der Waals surface area contributed by atoms with Crippen LogP contribution in [0.25, 0.3) is 17.2 Å². The van der Waals surface area contributed by atoms with Crippen LogP contribution in [0.5, 0.6) is 0 Å². The van der Waals surface area contributed by atoms with E-state index in [9.17, 15) is 4.79 Å². The third kappa shape index (κ3) is 2.87. The molecule has 0 bridgehead atoms. The zero-order valence-corrected chi connectivity index (χ0v) is 11.9. The highest BCUT2D eigenvalue weighted by atomic mass is 32.1. The minimum absolute atomic E-state index is 0.348. The standard InChI is InChI=1S/C14H13O2PS/c1-9(13(15)16)7-11-8-12(14(17)18-11)10-5-3-2-4-6-10/h2-8H,17H2,1H3,(H,15,16)/b9-7+. The molecule has 2 aromatic rings. The Hall–Kier alpha value is -1.44. The van der Waals surface area contributed by atoms with Crippen molar-refractivity contribution in [1.82, 2.24) is 0 Å². The van der Waals surface area contributed by atoms with E-state index in [4.69, 9.17) is 5.11 Å². The summed E-state index contributed by atoms with van der Waals surface area (Å²) in [7, 11) is 2.71. The van der Waals surface area contributed by atoms with Gasteiger partial charge in [-0.3, -0.25) is 0 Å². The molecule has 0 aliphatic heterocycles. The van der Waals surface area contributed by atoms with Crippen molar-refractivity contribution in [2.75, 3.05) is 0 Å². The molecular weight excluding hydrogens is 263 g/mol. The summed E-state index contributed by atoms with van der Waals surface area (Å²) in [6.07, 6.45) is 1.70. The van der Waals surface area contributed by atoms with E-state index in [0.29, 0.717) is 5.57 Å². The predicted octanol–water partition coefficient (Wildman–Crippen LogP) is 3.40. The molecule has 0 spiro atoms. The Bertz CT molecular complexity index is 600. The van der Waals surface area contributed by atoms with Crippen molar-refractivity contribution in [3.8, 4) is 11.1 Å². The lowest BCUT2D eigenvalue weighted by atomic mass is 10.1. The van der Waals surface area contributed by atoms with E-state index in [0.717, 1.165) is 20.6 Å². The Morgan fingerprint density at radius 3 is 2.61 bits per heavy atom. The van der Waals surface area contributed by atoms with Crippen LogP contribution in [0.1, 0.15) is 11.8 Å². The number of carboxylic acids is 1. The Kier molecular flexibility index (Phi) is 3.95. The van der Waals surface area contributed by atoms with Gasteiger partial charge < -0.3 is 5.11 Å². The minimum atomic E-state index is -0.880. The summed E-state index contributed by atoms with van der Waals surface area (Å²) in [5.41, 5.74) is 2.63. The zero-order chi connectivity index (χ0) is 13.1. The van der Waals surface area contributed by atoms with Gasteiger partial charge in [0.15, 0.2) is 0 Å². The molecule has 1 aromatic carbocycles. The molecule has 0 saturated heterocycles. The first-order valence-corrected chi connectivity index (χ1v) is 6.83. The van der Waals surface area contributed by atoms with Gasteiger partial charge in [-0.1, -0.05) is 39.6 Å². The molecule has 4 heteroatoms. The van der Waals surface area contributed by atoms with Crippen LogP contribution in [0.3, 0.4) is 0 Å². The number of benzene rings is 1. The van der Waals surface area contributed by atoms with Crippen LogP contribution in [0.4, 0.5) is 0 Å². The fourth-order valence-electron chi connectivity index (χ4n) is 1.61. The highest BCUT2D eigenvalue weighted by Gasteiger charge is 2.07. The van der Waals surface area contributed by atoms with Crippen molar-refractivity contribution < 1.29 is 9.90 Å². The van der Waals surface area contributed by atoms with Gasteiger partial charge in [0.25, 0.3) is 0 Å². The smallest absolute Gasteiger partial charge is 0.331 e. The zero-order valence-electron chi connectivity index (χ0n) is 9.88. The lowest BCUT2D eigenvalue weighted by Gasteiger charge is -1.97. The molecule has 0 radical (unpaired) electrons. The first-order chi connectivity index (χ1) is 8.58. The van der Waals surface area contributed by atoms with Gasteiger partial charge in [-0.15, -0.1) is 11.3 Å². The van der Waals surface area contributed by atoms with E-state index >= 15 is 0 Å². The van der Waals surface area contributed by atoms with E-state index in [1.54, 1.807) is 24.3 Å². The Morgan fingerprint density at radius 2 is 2.00 bits per heavy atom. The summed E-state index contributed by atoms with van der Waals surface area (Å²) < 4.78 is 1.12. The van der Waals surface area contributed by atoms with Gasteiger partial charge in [-0.25, -0.2) is 4.79 Å². The van der Waals surface area contributed by atoms with Crippen LogP contribution in [-0.4, -0.2) is 11.1 Å². The Balaban J connectivity index is 2.40. The van der Waals surface area contributed by atoms with E-state index in [1.165, 1.54) is 0 Å². The maximum absolute atomic E-state index is 10.8. The molecule has 2 rings (SSSR count). The molecular formula is C14H13O2PS. The van der Waals surface area contributed by atoms with Crippen molar-refractivity contribution >= 4 is 37.2 Å². The van der Waals surface area contributed by atoms with Gasteiger partial charge in [-0.2, -0.15) is 0 Å². The second kappa shape index (κ2) is 5.47. The molecule has 0 saturated carbocycles. The molecule has 18 heavy (non-hydrogen) atoms. The van der Waals surface area contributed by atoms with Crippen LogP contribution >= 0.6 is 20.6 Å². The highest BCUT2D eigenvalue weighted by molar-refractivity contribution is 7.44.